The molecule has 2 aromatic heterocycles. The van der Waals surface area contributed by atoms with Gasteiger partial charge in [0.05, 0.1) is 0 Å². The highest BCUT2D eigenvalue weighted by molar-refractivity contribution is 5.90. The van der Waals surface area contributed by atoms with Crippen molar-refractivity contribution in [1.82, 2.24) is 19.7 Å². The molecule has 1 fully saturated rings. The second-order valence-electron chi connectivity index (χ2n) is 6.38. The zero-order valence-corrected chi connectivity index (χ0v) is 14.2. The maximum atomic E-state index is 12.2. The smallest absolute Gasteiger partial charge is 0.248 e. The van der Waals surface area contributed by atoms with Crippen molar-refractivity contribution in [1.29, 1.82) is 0 Å². The third-order valence-electron chi connectivity index (χ3n) is 4.59. The maximum absolute atomic E-state index is 12.2. The van der Waals surface area contributed by atoms with Gasteiger partial charge in [-0.05, 0) is 30.9 Å². The Hall–Kier alpha value is -2.67. The van der Waals surface area contributed by atoms with Crippen LogP contribution in [0.2, 0.25) is 0 Å². The van der Waals surface area contributed by atoms with E-state index in [0.29, 0.717) is 24.6 Å². The van der Waals surface area contributed by atoms with Crippen molar-refractivity contribution in [3.05, 3.63) is 41.9 Å². The molecule has 0 radical (unpaired) electrons. The molecule has 25 heavy (non-hydrogen) atoms. The van der Waals surface area contributed by atoms with Crippen LogP contribution in [0.5, 0.6) is 0 Å². The standard InChI is InChI=1S/C18H21N5O2/c1-23-11-12(13-5-2-3-6-14(13)23)8-9-16(24)19-18-20-17(21-22-18)15-7-4-10-25-15/h2-3,5-6,11,15H,4,7-10H2,1H3,(H2,19,20,21,22,24)/t15-/m0/s1. The number of nitrogens with one attached hydrogen (secondary N) is 2. The predicted molar refractivity (Wildman–Crippen MR) is 94.2 cm³/mol. The summed E-state index contributed by atoms with van der Waals surface area (Å²) < 4.78 is 7.65. The van der Waals surface area contributed by atoms with Gasteiger partial charge < -0.3 is 9.30 Å². The summed E-state index contributed by atoms with van der Waals surface area (Å²) in [5, 5.41) is 10.9. The van der Waals surface area contributed by atoms with Gasteiger partial charge in [0.15, 0.2) is 5.82 Å². The van der Waals surface area contributed by atoms with Crippen LogP contribution in [0.3, 0.4) is 0 Å². The number of ether oxygens (including phenoxy) is 1. The highest BCUT2D eigenvalue weighted by atomic mass is 16.5. The van der Waals surface area contributed by atoms with Crippen molar-refractivity contribution in [2.45, 2.75) is 31.8 Å². The van der Waals surface area contributed by atoms with Gasteiger partial charge in [-0.15, -0.1) is 5.10 Å². The Morgan fingerprint density at radius 3 is 3.16 bits per heavy atom. The van der Waals surface area contributed by atoms with Crippen LogP contribution in [0.25, 0.3) is 10.9 Å². The first-order valence-electron chi connectivity index (χ1n) is 8.57. The Morgan fingerprint density at radius 2 is 2.32 bits per heavy atom. The molecule has 130 valence electrons. The number of H-pyrrole nitrogens is 1. The monoisotopic (exact) mass is 339 g/mol. The highest BCUT2D eigenvalue weighted by Crippen LogP contribution is 2.26. The first-order valence-corrected chi connectivity index (χ1v) is 8.57. The van der Waals surface area contributed by atoms with Gasteiger partial charge in [0.1, 0.15) is 6.10 Å². The van der Waals surface area contributed by atoms with E-state index in [1.807, 2.05) is 19.2 Å². The number of aromatic nitrogens is 4. The van der Waals surface area contributed by atoms with Crippen LogP contribution in [0.15, 0.2) is 30.5 Å². The minimum atomic E-state index is -0.0918. The lowest BCUT2D eigenvalue weighted by molar-refractivity contribution is -0.116. The largest absolute Gasteiger partial charge is 0.370 e. The zero-order valence-electron chi connectivity index (χ0n) is 14.2. The number of hydrogen-bond acceptors (Lipinski definition) is 4. The minimum Gasteiger partial charge on any atom is -0.370 e. The van der Waals surface area contributed by atoms with E-state index in [-0.39, 0.29) is 12.0 Å². The van der Waals surface area contributed by atoms with Crippen molar-refractivity contribution < 1.29 is 9.53 Å². The van der Waals surface area contributed by atoms with Crippen LogP contribution in [0.1, 0.15) is 36.8 Å². The first kappa shape index (κ1) is 15.8. The summed E-state index contributed by atoms with van der Waals surface area (Å²) in [6, 6.07) is 8.21. The van der Waals surface area contributed by atoms with Gasteiger partial charge in [0.25, 0.3) is 0 Å². The molecule has 0 aliphatic carbocycles. The summed E-state index contributed by atoms with van der Waals surface area (Å²) in [5.74, 6) is 0.904. The molecular weight excluding hydrogens is 318 g/mol. The van der Waals surface area contributed by atoms with E-state index in [0.717, 1.165) is 19.4 Å². The molecule has 1 aromatic carbocycles. The number of carbonyl (C=O) groups excluding carboxylic acids is 1. The van der Waals surface area contributed by atoms with Crippen LogP contribution < -0.4 is 5.32 Å². The molecule has 3 aromatic rings. The number of aryl methyl sites for hydroxylation is 2. The lowest BCUT2D eigenvalue weighted by Gasteiger charge is -2.03. The lowest BCUT2D eigenvalue weighted by Crippen LogP contribution is -2.13. The van der Waals surface area contributed by atoms with Gasteiger partial charge >= 0.3 is 0 Å². The van der Waals surface area contributed by atoms with Gasteiger partial charge in [0, 0.05) is 37.2 Å². The molecule has 2 N–H and O–H groups in total. The number of anilines is 1. The molecule has 1 amide bonds. The number of fused-ring (bicyclic) bond motifs is 1. The SMILES string of the molecule is Cn1cc(CCC(=O)Nc2n[nH]c([C@@H]3CCCO3)n2)c2ccccc21. The number of rotatable bonds is 5. The predicted octanol–water partition coefficient (Wildman–Crippen LogP) is 2.72. The molecule has 7 nitrogen and oxygen atoms in total. The summed E-state index contributed by atoms with van der Waals surface area (Å²) in [5.41, 5.74) is 2.34. The number of aromatic amines is 1. The molecule has 1 atom stereocenters. The summed E-state index contributed by atoms with van der Waals surface area (Å²) >= 11 is 0. The molecule has 0 saturated carbocycles. The third-order valence-corrected chi connectivity index (χ3v) is 4.59. The van der Waals surface area contributed by atoms with Crippen molar-refractivity contribution in [2.75, 3.05) is 11.9 Å². The molecule has 1 aliphatic heterocycles. The van der Waals surface area contributed by atoms with E-state index < -0.39 is 0 Å². The Morgan fingerprint density at radius 1 is 1.44 bits per heavy atom. The maximum Gasteiger partial charge on any atom is 0.248 e. The van der Waals surface area contributed by atoms with E-state index in [1.165, 1.54) is 16.5 Å². The van der Waals surface area contributed by atoms with Crippen LogP contribution >= 0.6 is 0 Å². The molecular formula is C18H21N5O2. The number of hydrogen-bond donors (Lipinski definition) is 2. The van der Waals surface area contributed by atoms with Gasteiger partial charge in [0.2, 0.25) is 11.9 Å². The molecule has 1 saturated heterocycles. The average Bonchev–Trinajstić information content (AvgIpc) is 3.34. The third kappa shape index (κ3) is 3.28. The summed E-state index contributed by atoms with van der Waals surface area (Å²) in [6.45, 7) is 0.748. The van der Waals surface area contributed by atoms with Crippen LogP contribution in [-0.4, -0.2) is 32.3 Å². The minimum absolute atomic E-state index is 0.0335. The van der Waals surface area contributed by atoms with Crippen molar-refractivity contribution >= 4 is 22.8 Å². The normalized spacial score (nSPS) is 17.2. The summed E-state index contributed by atoms with van der Waals surface area (Å²) in [4.78, 5) is 16.5. The number of carbonyl (C=O) groups is 1. The zero-order chi connectivity index (χ0) is 17.2. The molecule has 3 heterocycles. The fourth-order valence-corrected chi connectivity index (χ4v) is 3.33. The molecule has 7 heteroatoms. The number of nitrogens with zero attached hydrogens (tertiary/aromatic N) is 3. The van der Waals surface area contributed by atoms with Gasteiger partial charge in [-0.25, -0.2) is 0 Å². The molecule has 1 aliphatic rings. The van der Waals surface area contributed by atoms with E-state index in [2.05, 4.69) is 43.4 Å². The van der Waals surface area contributed by atoms with Crippen molar-refractivity contribution in [3.63, 3.8) is 0 Å². The van der Waals surface area contributed by atoms with E-state index in [9.17, 15) is 4.79 Å². The topological polar surface area (TPSA) is 84.8 Å². The molecule has 0 spiro atoms. The van der Waals surface area contributed by atoms with Gasteiger partial charge in [-0.1, -0.05) is 18.2 Å². The summed E-state index contributed by atoms with van der Waals surface area (Å²) in [7, 11) is 2.02. The van der Waals surface area contributed by atoms with E-state index >= 15 is 0 Å². The van der Waals surface area contributed by atoms with E-state index in [1.54, 1.807) is 0 Å². The van der Waals surface area contributed by atoms with E-state index in [4.69, 9.17) is 4.74 Å². The quantitative estimate of drug-likeness (QED) is 0.748. The van der Waals surface area contributed by atoms with Crippen LogP contribution in [-0.2, 0) is 23.0 Å². The Kier molecular flexibility index (Phi) is 4.23. The second-order valence-corrected chi connectivity index (χ2v) is 6.38. The molecule has 0 unspecified atom stereocenters. The molecule has 4 rings (SSSR count). The lowest BCUT2D eigenvalue weighted by atomic mass is 10.1. The number of amides is 1. The second kappa shape index (κ2) is 6.68. The first-order chi connectivity index (χ1) is 12.2. The Labute approximate surface area is 145 Å². The van der Waals surface area contributed by atoms with Crippen molar-refractivity contribution in [2.24, 2.45) is 7.05 Å². The van der Waals surface area contributed by atoms with Gasteiger partial charge in [-0.3, -0.25) is 15.2 Å². The highest BCUT2D eigenvalue weighted by Gasteiger charge is 2.21. The Bertz CT molecular complexity index is 892. The summed E-state index contributed by atoms with van der Waals surface area (Å²) in [6.07, 6.45) is 5.07. The molecule has 0 bridgehead atoms. The fourth-order valence-electron chi connectivity index (χ4n) is 3.33. The fraction of sp³-hybridized carbons (Fsp3) is 0.389. The van der Waals surface area contributed by atoms with Gasteiger partial charge in [-0.2, -0.15) is 4.98 Å². The van der Waals surface area contributed by atoms with Crippen LogP contribution in [0, 0.1) is 0 Å². The average molecular weight is 339 g/mol. The Balaban J connectivity index is 1.37. The van der Waals surface area contributed by atoms with Crippen LogP contribution in [0.4, 0.5) is 5.95 Å². The van der Waals surface area contributed by atoms with Crippen molar-refractivity contribution in [3.8, 4) is 0 Å². The number of para-hydroxylation sites is 1. The number of benzene rings is 1.